The summed E-state index contributed by atoms with van der Waals surface area (Å²) in [5.41, 5.74) is 0.906. The molecule has 0 bridgehead atoms. The third kappa shape index (κ3) is 4.03. The van der Waals surface area contributed by atoms with Gasteiger partial charge in [-0.15, -0.1) is 0 Å². The van der Waals surface area contributed by atoms with Crippen LogP contribution in [0.25, 0.3) is 0 Å². The molecule has 1 aromatic carbocycles. The Balaban J connectivity index is 1.91. The average molecular weight is 319 g/mol. The minimum Gasteiger partial charge on any atom is -0.493 e. The highest BCUT2D eigenvalue weighted by Crippen LogP contribution is 2.27. The first-order valence-corrected chi connectivity index (χ1v) is 6.86. The van der Waals surface area contributed by atoms with Crippen LogP contribution in [0.2, 0.25) is 0 Å². The van der Waals surface area contributed by atoms with E-state index in [2.05, 4.69) is 5.32 Å². The van der Waals surface area contributed by atoms with Gasteiger partial charge in [0.05, 0.1) is 19.8 Å². The first kappa shape index (κ1) is 16.4. The Kier molecular flexibility index (Phi) is 5.24. The Morgan fingerprint density at radius 3 is 2.52 bits per heavy atom. The van der Waals surface area contributed by atoms with Crippen LogP contribution in [0.4, 0.5) is 0 Å². The molecule has 0 aliphatic carbocycles. The lowest BCUT2D eigenvalue weighted by atomic mass is 10.1. The molecule has 1 amide bonds. The number of carbonyl (C=O) groups is 2. The number of furan rings is 1. The van der Waals surface area contributed by atoms with Crippen molar-refractivity contribution < 1.29 is 28.6 Å². The summed E-state index contributed by atoms with van der Waals surface area (Å²) >= 11 is 0. The molecule has 0 saturated carbocycles. The third-order valence-corrected chi connectivity index (χ3v) is 3.22. The molecule has 0 spiro atoms. The van der Waals surface area contributed by atoms with E-state index >= 15 is 0 Å². The summed E-state index contributed by atoms with van der Waals surface area (Å²) in [5.74, 6) is -0.378. The van der Waals surface area contributed by atoms with E-state index in [9.17, 15) is 9.59 Å². The van der Waals surface area contributed by atoms with Crippen molar-refractivity contribution in [3.05, 3.63) is 47.4 Å². The molecule has 0 atom stereocenters. The highest BCUT2D eigenvalue weighted by atomic mass is 16.5. The van der Waals surface area contributed by atoms with E-state index in [4.69, 9.17) is 19.0 Å². The van der Waals surface area contributed by atoms with Gasteiger partial charge in [-0.25, -0.2) is 4.79 Å². The molecule has 1 heterocycles. The van der Waals surface area contributed by atoms with Crippen molar-refractivity contribution in [2.24, 2.45) is 0 Å². The first-order chi connectivity index (χ1) is 11.0. The number of methoxy groups -OCH3 is 2. The number of rotatable bonds is 7. The molecule has 2 N–H and O–H groups in total. The maximum atomic E-state index is 11.9. The molecular formula is C16H17NO6. The van der Waals surface area contributed by atoms with Crippen LogP contribution in [0.3, 0.4) is 0 Å². The summed E-state index contributed by atoms with van der Waals surface area (Å²) in [4.78, 5) is 22.6. The summed E-state index contributed by atoms with van der Waals surface area (Å²) in [6.45, 7) is 0.372. The summed E-state index contributed by atoms with van der Waals surface area (Å²) in [7, 11) is 3.12. The number of nitrogens with one attached hydrogen (secondary N) is 1. The maximum absolute atomic E-state index is 11.9. The Bertz CT molecular complexity index is 706. The predicted octanol–water partition coefficient (Wildman–Crippen LogP) is 1.97. The van der Waals surface area contributed by atoms with E-state index in [0.717, 1.165) is 11.8 Å². The van der Waals surface area contributed by atoms with Crippen molar-refractivity contribution in [1.82, 2.24) is 5.32 Å². The number of aromatic carboxylic acids is 1. The molecule has 2 aromatic rings. The van der Waals surface area contributed by atoms with Gasteiger partial charge < -0.3 is 24.3 Å². The fraction of sp³-hybridized carbons (Fsp3) is 0.250. The van der Waals surface area contributed by atoms with Crippen LogP contribution in [0.1, 0.15) is 26.5 Å². The molecule has 7 nitrogen and oxygen atoms in total. The van der Waals surface area contributed by atoms with Gasteiger partial charge >= 0.3 is 5.97 Å². The molecule has 122 valence electrons. The largest absolute Gasteiger partial charge is 0.493 e. The first-order valence-electron chi connectivity index (χ1n) is 6.86. The van der Waals surface area contributed by atoms with Gasteiger partial charge in [0, 0.05) is 12.6 Å². The van der Waals surface area contributed by atoms with Crippen LogP contribution in [0.15, 0.2) is 34.9 Å². The smallest absolute Gasteiger partial charge is 0.338 e. The molecule has 0 unspecified atom stereocenters. The van der Waals surface area contributed by atoms with Gasteiger partial charge in [-0.2, -0.15) is 0 Å². The Hall–Kier alpha value is -2.96. The summed E-state index contributed by atoms with van der Waals surface area (Å²) < 4.78 is 15.3. The van der Waals surface area contributed by atoms with E-state index in [1.165, 1.54) is 6.07 Å². The van der Waals surface area contributed by atoms with Crippen molar-refractivity contribution in [3.63, 3.8) is 0 Å². The number of benzene rings is 1. The topological polar surface area (TPSA) is 98.0 Å². The van der Waals surface area contributed by atoms with Gasteiger partial charge in [0.15, 0.2) is 17.3 Å². The SMILES string of the molecule is COc1ccc(CCNC(=O)c2cc(C(=O)O)co2)cc1OC. The Morgan fingerprint density at radius 2 is 1.91 bits per heavy atom. The maximum Gasteiger partial charge on any atom is 0.338 e. The second-order valence-electron chi connectivity index (χ2n) is 4.70. The zero-order valence-corrected chi connectivity index (χ0v) is 12.8. The third-order valence-electron chi connectivity index (χ3n) is 3.22. The number of carboxylic acids is 1. The second-order valence-corrected chi connectivity index (χ2v) is 4.70. The van der Waals surface area contributed by atoms with E-state index in [0.29, 0.717) is 24.5 Å². The van der Waals surface area contributed by atoms with Gasteiger partial charge in [0.2, 0.25) is 0 Å². The fourth-order valence-corrected chi connectivity index (χ4v) is 2.01. The van der Waals surface area contributed by atoms with E-state index in [-0.39, 0.29) is 11.3 Å². The van der Waals surface area contributed by atoms with Crippen LogP contribution >= 0.6 is 0 Å². The van der Waals surface area contributed by atoms with Crippen molar-refractivity contribution in [2.45, 2.75) is 6.42 Å². The average Bonchev–Trinajstić information content (AvgIpc) is 3.05. The monoisotopic (exact) mass is 319 g/mol. The number of hydrogen-bond acceptors (Lipinski definition) is 5. The standard InChI is InChI=1S/C16H17NO6/c1-21-12-4-3-10(7-13(12)22-2)5-6-17-15(18)14-8-11(9-23-14)16(19)20/h3-4,7-9H,5-6H2,1-2H3,(H,17,18)(H,19,20). The Labute approximate surface area is 132 Å². The van der Waals surface area contributed by atoms with Crippen molar-refractivity contribution in [2.75, 3.05) is 20.8 Å². The highest BCUT2D eigenvalue weighted by Gasteiger charge is 2.14. The molecule has 23 heavy (non-hydrogen) atoms. The molecule has 0 fully saturated rings. The molecule has 0 aliphatic rings. The van der Waals surface area contributed by atoms with E-state index in [1.807, 2.05) is 12.1 Å². The van der Waals surface area contributed by atoms with Crippen LogP contribution in [0.5, 0.6) is 11.5 Å². The van der Waals surface area contributed by atoms with Crippen LogP contribution in [0, 0.1) is 0 Å². The zero-order chi connectivity index (χ0) is 16.8. The number of amides is 1. The van der Waals surface area contributed by atoms with Crippen molar-refractivity contribution in [1.29, 1.82) is 0 Å². The summed E-state index contributed by atoms with van der Waals surface area (Å²) in [5, 5.41) is 11.5. The number of carboxylic acid groups (broad SMARTS) is 1. The number of carbonyl (C=O) groups excluding carboxylic acids is 1. The van der Waals surface area contributed by atoms with Gasteiger partial charge in [-0.3, -0.25) is 4.79 Å². The molecule has 0 saturated heterocycles. The summed E-state index contributed by atoms with van der Waals surface area (Å²) in [6, 6.07) is 6.69. The molecule has 7 heteroatoms. The van der Waals surface area contributed by atoms with E-state index < -0.39 is 11.9 Å². The van der Waals surface area contributed by atoms with Crippen molar-refractivity contribution >= 4 is 11.9 Å². The lowest BCUT2D eigenvalue weighted by molar-refractivity contribution is 0.0696. The molecular weight excluding hydrogens is 302 g/mol. The zero-order valence-electron chi connectivity index (χ0n) is 12.8. The van der Waals surface area contributed by atoms with Gasteiger partial charge in [-0.05, 0) is 24.1 Å². The van der Waals surface area contributed by atoms with Crippen molar-refractivity contribution in [3.8, 4) is 11.5 Å². The minimum atomic E-state index is -1.14. The van der Waals surface area contributed by atoms with Gasteiger partial charge in [0.25, 0.3) is 5.91 Å². The van der Waals surface area contributed by atoms with Crippen LogP contribution < -0.4 is 14.8 Å². The molecule has 0 radical (unpaired) electrons. The molecule has 2 rings (SSSR count). The lowest BCUT2D eigenvalue weighted by Crippen LogP contribution is -2.25. The molecule has 1 aromatic heterocycles. The molecule has 0 aliphatic heterocycles. The summed E-state index contributed by atoms with van der Waals surface area (Å²) in [6.07, 6.45) is 1.62. The minimum absolute atomic E-state index is 0.0327. The lowest BCUT2D eigenvalue weighted by Gasteiger charge is -2.09. The normalized spacial score (nSPS) is 10.2. The number of ether oxygens (including phenoxy) is 2. The van der Waals surface area contributed by atoms with Crippen LogP contribution in [-0.2, 0) is 6.42 Å². The Morgan fingerprint density at radius 1 is 1.17 bits per heavy atom. The highest BCUT2D eigenvalue weighted by molar-refractivity contribution is 5.95. The van der Waals surface area contributed by atoms with Gasteiger partial charge in [0.1, 0.15) is 6.26 Å². The number of hydrogen-bond donors (Lipinski definition) is 2. The van der Waals surface area contributed by atoms with Gasteiger partial charge in [-0.1, -0.05) is 6.07 Å². The van der Waals surface area contributed by atoms with E-state index in [1.54, 1.807) is 20.3 Å². The fourth-order valence-electron chi connectivity index (χ4n) is 2.01. The second kappa shape index (κ2) is 7.35. The predicted molar refractivity (Wildman–Crippen MR) is 81.3 cm³/mol. The van der Waals surface area contributed by atoms with Crippen LogP contribution in [-0.4, -0.2) is 37.7 Å². The quantitative estimate of drug-likeness (QED) is 0.809.